The van der Waals surface area contributed by atoms with Gasteiger partial charge in [0.2, 0.25) is 10.0 Å². The predicted octanol–water partition coefficient (Wildman–Crippen LogP) is 2.89. The first-order valence-corrected chi connectivity index (χ1v) is 10.0. The van der Waals surface area contributed by atoms with Gasteiger partial charge in [-0.2, -0.15) is 4.31 Å². The van der Waals surface area contributed by atoms with Gasteiger partial charge in [0.25, 0.3) is 5.56 Å². The molecule has 1 aliphatic heterocycles. The number of aromatic amines is 1. The summed E-state index contributed by atoms with van der Waals surface area (Å²) >= 11 is 0. The van der Waals surface area contributed by atoms with E-state index in [-0.39, 0.29) is 5.56 Å². The van der Waals surface area contributed by atoms with Crippen LogP contribution in [0.2, 0.25) is 0 Å². The van der Waals surface area contributed by atoms with Crippen LogP contribution >= 0.6 is 0 Å². The Kier molecular flexibility index (Phi) is 3.97. The summed E-state index contributed by atoms with van der Waals surface area (Å²) in [6.45, 7) is 4.49. The molecule has 0 atom stereocenters. The Labute approximate surface area is 152 Å². The highest BCUT2D eigenvalue weighted by atomic mass is 32.2. The lowest BCUT2D eigenvalue weighted by molar-refractivity contribution is 0.391. The van der Waals surface area contributed by atoms with Crippen LogP contribution in [0.15, 0.2) is 52.2 Å². The largest absolute Gasteiger partial charge is 0.322 e. The van der Waals surface area contributed by atoms with Crippen molar-refractivity contribution < 1.29 is 8.42 Å². The van der Waals surface area contributed by atoms with Crippen molar-refractivity contribution in [3.63, 3.8) is 0 Å². The molecule has 134 valence electrons. The maximum Gasteiger partial charge on any atom is 0.251 e. The summed E-state index contributed by atoms with van der Waals surface area (Å²) in [4.78, 5) is 15.1. The van der Waals surface area contributed by atoms with E-state index in [0.717, 1.165) is 27.6 Å². The third-order valence-electron chi connectivity index (χ3n) is 4.99. The van der Waals surface area contributed by atoms with Crippen LogP contribution in [-0.4, -0.2) is 24.3 Å². The van der Waals surface area contributed by atoms with Crippen molar-refractivity contribution in [2.45, 2.75) is 31.7 Å². The van der Waals surface area contributed by atoms with Gasteiger partial charge in [0.05, 0.1) is 4.90 Å². The van der Waals surface area contributed by atoms with Crippen LogP contribution in [0.25, 0.3) is 10.9 Å². The minimum atomic E-state index is -3.53. The molecule has 1 aromatic heterocycles. The van der Waals surface area contributed by atoms with Crippen molar-refractivity contribution in [3.8, 4) is 0 Å². The molecule has 0 aliphatic carbocycles. The zero-order valence-electron chi connectivity index (χ0n) is 14.7. The van der Waals surface area contributed by atoms with Crippen molar-refractivity contribution in [3.05, 3.63) is 75.1 Å². The number of hydrogen-bond acceptors (Lipinski definition) is 3. The number of aryl methyl sites for hydroxylation is 2. The summed E-state index contributed by atoms with van der Waals surface area (Å²) in [7, 11) is -3.53. The van der Waals surface area contributed by atoms with Crippen LogP contribution < -0.4 is 5.56 Å². The number of aromatic nitrogens is 1. The number of rotatable bonds is 2. The summed E-state index contributed by atoms with van der Waals surface area (Å²) in [6, 6.07) is 12.8. The van der Waals surface area contributed by atoms with Crippen LogP contribution in [0, 0.1) is 13.8 Å². The molecule has 0 saturated heterocycles. The van der Waals surface area contributed by atoms with Gasteiger partial charge in [-0.15, -0.1) is 0 Å². The number of hydrogen-bond donors (Lipinski definition) is 1. The number of nitrogens with one attached hydrogen (secondary N) is 1. The first-order chi connectivity index (χ1) is 12.3. The first kappa shape index (κ1) is 17.0. The fourth-order valence-electron chi connectivity index (χ4n) is 3.41. The third kappa shape index (κ3) is 2.85. The quantitative estimate of drug-likeness (QED) is 0.756. The molecule has 1 N–H and O–H groups in total. The van der Waals surface area contributed by atoms with Crippen LogP contribution in [0.4, 0.5) is 0 Å². The van der Waals surface area contributed by atoms with E-state index in [4.69, 9.17) is 0 Å². The molecule has 2 aromatic carbocycles. The van der Waals surface area contributed by atoms with Gasteiger partial charge in [-0.05, 0) is 67.1 Å². The van der Waals surface area contributed by atoms with Gasteiger partial charge >= 0.3 is 0 Å². The molecular weight excluding hydrogens is 348 g/mol. The second-order valence-corrected chi connectivity index (χ2v) is 8.83. The fraction of sp³-hybridized carbons (Fsp3) is 0.250. The Balaban J connectivity index is 1.73. The third-order valence-corrected chi connectivity index (χ3v) is 6.85. The van der Waals surface area contributed by atoms with E-state index >= 15 is 0 Å². The molecule has 0 fully saturated rings. The minimum Gasteiger partial charge on any atom is -0.322 e. The molecule has 5 nitrogen and oxygen atoms in total. The Morgan fingerprint density at radius 1 is 1.00 bits per heavy atom. The smallest absolute Gasteiger partial charge is 0.251 e. The summed E-state index contributed by atoms with van der Waals surface area (Å²) in [6.07, 6.45) is 0.661. The van der Waals surface area contributed by atoms with Gasteiger partial charge in [-0.1, -0.05) is 17.7 Å². The average molecular weight is 368 g/mol. The zero-order chi connectivity index (χ0) is 18.5. The summed E-state index contributed by atoms with van der Waals surface area (Å²) in [5.74, 6) is 0. The molecule has 0 bridgehead atoms. The van der Waals surface area contributed by atoms with Crippen molar-refractivity contribution >= 4 is 20.9 Å². The second-order valence-electron chi connectivity index (χ2n) is 6.89. The molecule has 0 saturated carbocycles. The Hall–Kier alpha value is -2.44. The Morgan fingerprint density at radius 3 is 2.46 bits per heavy atom. The first-order valence-electron chi connectivity index (χ1n) is 8.57. The molecule has 3 aromatic rings. The van der Waals surface area contributed by atoms with Crippen molar-refractivity contribution in [1.82, 2.24) is 9.29 Å². The monoisotopic (exact) mass is 368 g/mol. The number of H-pyrrole nitrogens is 1. The summed E-state index contributed by atoms with van der Waals surface area (Å²) in [5, 5.41) is 0.982. The average Bonchev–Trinajstić information content (AvgIpc) is 2.61. The maximum absolute atomic E-state index is 12.9. The highest BCUT2D eigenvalue weighted by molar-refractivity contribution is 7.89. The van der Waals surface area contributed by atoms with Crippen molar-refractivity contribution in [2.24, 2.45) is 0 Å². The fourth-order valence-corrected chi connectivity index (χ4v) is 4.83. The number of pyridine rings is 1. The Morgan fingerprint density at radius 2 is 1.73 bits per heavy atom. The second kappa shape index (κ2) is 6.07. The van der Waals surface area contributed by atoms with E-state index < -0.39 is 10.0 Å². The van der Waals surface area contributed by atoms with Gasteiger partial charge in [0.15, 0.2) is 0 Å². The van der Waals surface area contributed by atoms with Crippen molar-refractivity contribution in [1.29, 1.82) is 0 Å². The topological polar surface area (TPSA) is 70.2 Å². The van der Waals surface area contributed by atoms with E-state index in [1.165, 1.54) is 4.31 Å². The highest BCUT2D eigenvalue weighted by Crippen LogP contribution is 2.28. The number of fused-ring (bicyclic) bond motifs is 2. The van der Waals surface area contributed by atoms with Crippen LogP contribution in [0.3, 0.4) is 0 Å². The highest BCUT2D eigenvalue weighted by Gasteiger charge is 2.28. The minimum absolute atomic E-state index is 0.114. The SMILES string of the molecule is Cc1ccc(S(=O)(=O)N2CCc3cc4cc(C)c(=O)[nH]c4cc3C2)cc1. The van der Waals surface area contributed by atoms with Crippen LogP contribution in [-0.2, 0) is 23.0 Å². The normalized spacial score (nSPS) is 15.2. The lowest BCUT2D eigenvalue weighted by Gasteiger charge is -2.28. The molecule has 0 unspecified atom stereocenters. The van der Waals surface area contributed by atoms with Crippen LogP contribution in [0.5, 0.6) is 0 Å². The molecule has 6 heteroatoms. The lowest BCUT2D eigenvalue weighted by atomic mass is 9.98. The van der Waals surface area contributed by atoms with Crippen molar-refractivity contribution in [2.75, 3.05) is 6.54 Å². The molecule has 0 radical (unpaired) electrons. The van der Waals surface area contributed by atoms with Gasteiger partial charge in [-0.25, -0.2) is 8.42 Å². The molecule has 2 heterocycles. The van der Waals surface area contributed by atoms with E-state index in [1.807, 2.05) is 31.2 Å². The summed E-state index contributed by atoms with van der Waals surface area (Å²) in [5.41, 5.74) is 4.42. The number of nitrogens with zero attached hydrogens (tertiary/aromatic N) is 1. The molecule has 0 amide bonds. The number of benzene rings is 2. The molecule has 4 rings (SSSR count). The molecular formula is C20H20N2O3S. The van der Waals surface area contributed by atoms with Crippen LogP contribution in [0.1, 0.15) is 22.3 Å². The predicted molar refractivity (Wildman–Crippen MR) is 102 cm³/mol. The van der Waals surface area contributed by atoms with Gasteiger partial charge < -0.3 is 4.98 Å². The van der Waals surface area contributed by atoms with Gasteiger partial charge in [-0.3, -0.25) is 4.79 Å². The summed E-state index contributed by atoms with van der Waals surface area (Å²) < 4.78 is 27.4. The maximum atomic E-state index is 12.9. The van der Waals surface area contributed by atoms with E-state index in [1.54, 1.807) is 19.1 Å². The van der Waals surface area contributed by atoms with E-state index in [9.17, 15) is 13.2 Å². The van der Waals surface area contributed by atoms with Gasteiger partial charge in [0, 0.05) is 24.2 Å². The zero-order valence-corrected chi connectivity index (χ0v) is 15.6. The lowest BCUT2D eigenvalue weighted by Crippen LogP contribution is -2.36. The number of sulfonamides is 1. The van der Waals surface area contributed by atoms with E-state index in [0.29, 0.717) is 30.0 Å². The Bertz CT molecular complexity index is 1160. The van der Waals surface area contributed by atoms with E-state index in [2.05, 4.69) is 11.1 Å². The standard InChI is InChI=1S/C20H20N2O3S/c1-13-3-5-18(6-4-13)26(24,25)22-8-7-15-10-16-9-14(2)20(23)21-19(16)11-17(15)12-22/h3-6,9-11H,7-8,12H2,1-2H3,(H,21,23). The molecule has 26 heavy (non-hydrogen) atoms. The van der Waals surface area contributed by atoms with Gasteiger partial charge in [0.1, 0.15) is 0 Å². The molecule has 0 spiro atoms. The molecule has 1 aliphatic rings.